The Kier molecular flexibility index (Phi) is 11.1. The van der Waals surface area contributed by atoms with Gasteiger partial charge < -0.3 is 15.9 Å². The molecule has 0 heterocycles. The number of nitrogens with zero attached hydrogens (tertiary/aromatic N) is 5. The van der Waals surface area contributed by atoms with Gasteiger partial charge in [0.15, 0.2) is 11.5 Å². The molecule has 0 aromatic heterocycles. The molecule has 0 saturated carbocycles. The molecule has 0 saturated heterocycles. The summed E-state index contributed by atoms with van der Waals surface area (Å²) in [6.07, 6.45) is 0. The van der Waals surface area contributed by atoms with E-state index >= 15 is 0 Å². The van der Waals surface area contributed by atoms with E-state index in [1.807, 2.05) is 0 Å². The molecular weight excluding hydrogens is 733 g/mol. The summed E-state index contributed by atoms with van der Waals surface area (Å²) in [7, 11) is -10.1. The molecule has 0 radical (unpaired) electrons. The Morgan fingerprint density at radius 3 is 1.92 bits per heavy atom. The average Bonchev–Trinajstić information content (AvgIpc) is 3.01. The number of nitrogens with two attached hydrogens (primary N) is 1. The third-order valence-electron chi connectivity index (χ3n) is 5.78. The second kappa shape index (κ2) is 14.7. The highest BCUT2D eigenvalue weighted by atomic mass is 32.2. The van der Waals surface area contributed by atoms with Crippen LogP contribution in [0, 0.1) is 10.1 Å². The highest BCUT2D eigenvalue weighted by Gasteiger charge is 2.27. The van der Waals surface area contributed by atoms with E-state index in [0.717, 1.165) is 36.4 Å². The van der Waals surface area contributed by atoms with Gasteiger partial charge in [-0.2, -0.15) is 16.8 Å². The number of nitrogen functional groups attached to an aromatic ring is 1. The van der Waals surface area contributed by atoms with Gasteiger partial charge >= 0.3 is 0 Å². The lowest BCUT2D eigenvalue weighted by Gasteiger charge is -2.14. The number of non-ortho nitro benzene ring substituents is 1. The summed E-state index contributed by atoms with van der Waals surface area (Å²) in [5, 5.41) is 71.3. The zero-order valence-corrected chi connectivity index (χ0v) is 26.1. The van der Waals surface area contributed by atoms with Crippen molar-refractivity contribution in [3.8, 4) is 11.5 Å². The molecule has 4 rings (SSSR count). The van der Waals surface area contributed by atoms with Crippen LogP contribution >= 0.6 is 24.1 Å². The first-order chi connectivity index (χ1) is 22.6. The van der Waals surface area contributed by atoms with Crippen molar-refractivity contribution >= 4 is 89.2 Å². The molecule has 0 unspecified atom stereocenters. The number of hydrogen-bond acceptors (Lipinski definition) is 21. The normalized spacial score (nSPS) is 12.4. The minimum atomic E-state index is -5.19. The topological polar surface area (TPSA) is 345 Å². The van der Waals surface area contributed by atoms with Gasteiger partial charge in [0.1, 0.15) is 32.5 Å². The third-order valence-corrected chi connectivity index (χ3v) is 8.81. The van der Waals surface area contributed by atoms with Crippen LogP contribution in [-0.4, -0.2) is 51.6 Å². The second-order valence-electron chi connectivity index (χ2n) is 8.68. The van der Waals surface area contributed by atoms with Crippen molar-refractivity contribution in [3.05, 3.63) is 58.6 Å². The predicted molar refractivity (Wildman–Crippen MR) is 161 cm³/mol. The number of nitro groups is 1. The van der Waals surface area contributed by atoms with Gasteiger partial charge in [0.2, 0.25) is 0 Å². The Hall–Kier alpha value is -4.58. The zero-order chi connectivity index (χ0) is 35.4. The number of anilines is 1. The molecule has 0 bridgehead atoms. The summed E-state index contributed by atoms with van der Waals surface area (Å²) in [4.78, 5) is 8.05. The Labute approximate surface area is 274 Å². The van der Waals surface area contributed by atoms with Crippen LogP contribution in [0.25, 0.3) is 10.8 Å². The number of fused-ring (bicyclic) bond motifs is 1. The number of phenolic OH excluding ortho intramolecular Hbond substituents is 2. The number of nitro benzene ring substituents is 1. The fourth-order valence-electron chi connectivity index (χ4n) is 3.82. The summed E-state index contributed by atoms with van der Waals surface area (Å²) in [6, 6.07) is 7.59. The first kappa shape index (κ1) is 36.3. The lowest BCUT2D eigenvalue weighted by molar-refractivity contribution is -0.432. The van der Waals surface area contributed by atoms with E-state index in [-0.39, 0.29) is 40.4 Å². The largest absolute Gasteiger partial charge is 0.505 e. The maximum absolute atomic E-state index is 12.4. The van der Waals surface area contributed by atoms with Gasteiger partial charge in [-0.3, -0.25) is 19.2 Å². The molecule has 254 valence electrons. The molecule has 0 aliphatic carbocycles. The van der Waals surface area contributed by atoms with E-state index < -0.39 is 84.9 Å². The zero-order valence-electron chi connectivity index (χ0n) is 22.8. The summed E-state index contributed by atoms with van der Waals surface area (Å²) < 4.78 is 76.8. The standard InChI is InChI=1S/C22H16N6O16S4/c23-9-1-3-13(18(5-9)48(38,39)40)25-27-20-16(46-44-42-34)7-11-17(47(35,36)37)8-14(21(29)19(11)22(20)30)26-24-12-4-2-10(28(31)32)6-15(12)45-43-41-33/h1-8,29-30,33-34H,23H2,(H,35,36,37)(H,38,39,40)/b26-24+,27-25+. The van der Waals surface area contributed by atoms with Gasteiger partial charge in [-0.1, -0.05) is 10.1 Å². The van der Waals surface area contributed by atoms with Crippen molar-refractivity contribution in [3.63, 3.8) is 0 Å². The van der Waals surface area contributed by atoms with E-state index in [1.54, 1.807) is 0 Å². The number of benzene rings is 4. The smallest absolute Gasteiger partial charge is 0.296 e. The minimum Gasteiger partial charge on any atom is -0.505 e. The maximum Gasteiger partial charge on any atom is 0.296 e. The first-order valence-corrected chi connectivity index (χ1v) is 16.2. The maximum atomic E-state index is 12.4. The van der Waals surface area contributed by atoms with Crippen LogP contribution < -0.4 is 5.73 Å². The van der Waals surface area contributed by atoms with Crippen LogP contribution in [0.2, 0.25) is 0 Å². The summed E-state index contributed by atoms with van der Waals surface area (Å²) >= 11 is 0.361. The van der Waals surface area contributed by atoms with Crippen LogP contribution in [0.5, 0.6) is 11.5 Å². The van der Waals surface area contributed by atoms with Crippen molar-refractivity contribution in [1.29, 1.82) is 0 Å². The molecule has 48 heavy (non-hydrogen) atoms. The molecular formula is C22H16N6O16S4. The Balaban J connectivity index is 1.98. The number of aromatic hydroxyl groups is 2. The quantitative estimate of drug-likeness (QED) is 0.0158. The first-order valence-electron chi connectivity index (χ1n) is 11.9. The van der Waals surface area contributed by atoms with Gasteiger partial charge in [0.05, 0.1) is 44.2 Å². The van der Waals surface area contributed by atoms with E-state index in [1.165, 1.54) is 6.07 Å². The molecule has 8 N–H and O–H groups in total. The minimum absolute atomic E-state index is 0.0853. The van der Waals surface area contributed by atoms with Gasteiger partial charge in [0, 0.05) is 23.2 Å². The monoisotopic (exact) mass is 748 g/mol. The summed E-state index contributed by atoms with van der Waals surface area (Å²) in [6.45, 7) is 0. The van der Waals surface area contributed by atoms with Crippen LogP contribution in [0.15, 0.2) is 88.6 Å². The molecule has 0 aliphatic heterocycles. The van der Waals surface area contributed by atoms with Gasteiger partial charge in [-0.25, -0.2) is 10.5 Å². The molecule has 4 aromatic carbocycles. The van der Waals surface area contributed by atoms with E-state index in [4.69, 9.17) is 16.2 Å². The van der Waals surface area contributed by atoms with Crippen LogP contribution in [0.1, 0.15) is 0 Å². The number of hydrogen-bond donors (Lipinski definition) is 7. The van der Waals surface area contributed by atoms with Gasteiger partial charge in [0.25, 0.3) is 25.9 Å². The van der Waals surface area contributed by atoms with Crippen molar-refractivity contribution in [2.45, 2.75) is 19.6 Å². The Morgan fingerprint density at radius 2 is 1.31 bits per heavy atom. The molecule has 26 heteroatoms. The molecule has 0 amide bonds. The van der Waals surface area contributed by atoms with Gasteiger partial charge in [-0.15, -0.1) is 29.1 Å². The highest BCUT2D eigenvalue weighted by Crippen LogP contribution is 2.51. The van der Waals surface area contributed by atoms with Crippen molar-refractivity contribution in [1.82, 2.24) is 0 Å². The number of phenols is 2. The third kappa shape index (κ3) is 8.10. The molecule has 0 fully saturated rings. The fourth-order valence-corrected chi connectivity index (χ4v) is 6.13. The molecule has 22 nitrogen and oxygen atoms in total. The van der Waals surface area contributed by atoms with Crippen molar-refractivity contribution in [2.75, 3.05) is 5.73 Å². The van der Waals surface area contributed by atoms with E-state index in [9.17, 15) is 46.3 Å². The molecule has 0 atom stereocenters. The molecule has 4 aromatic rings. The second-order valence-corrected chi connectivity index (χ2v) is 12.9. The average molecular weight is 749 g/mol. The van der Waals surface area contributed by atoms with Crippen LogP contribution in [0.4, 0.5) is 34.1 Å². The van der Waals surface area contributed by atoms with E-state index in [2.05, 4.69) is 39.2 Å². The molecule has 0 spiro atoms. The lowest BCUT2D eigenvalue weighted by Crippen LogP contribution is -2.00. The van der Waals surface area contributed by atoms with Crippen molar-refractivity contribution in [2.24, 2.45) is 20.5 Å². The number of azo groups is 2. The van der Waals surface area contributed by atoms with Crippen LogP contribution in [-0.2, 0) is 39.0 Å². The predicted octanol–water partition coefficient (Wildman–Crippen LogP) is 5.92. The van der Waals surface area contributed by atoms with E-state index in [0.29, 0.717) is 6.07 Å². The SMILES string of the molecule is Nc1ccc(/N=N/c2c(SOOO)cc3c(S(=O)(=O)O)cc(/N=N/c4ccc([N+](=O)[O-])cc4SOOO)c(O)c3c2O)c(S(=O)(=O)O)c1. The summed E-state index contributed by atoms with van der Waals surface area (Å²) in [5.74, 6) is -2.06. The fraction of sp³-hybridized carbons (Fsp3) is 0. The van der Waals surface area contributed by atoms with Crippen molar-refractivity contribution < 1.29 is 70.3 Å². The summed E-state index contributed by atoms with van der Waals surface area (Å²) in [5.41, 5.74) is 2.94. The lowest BCUT2D eigenvalue weighted by atomic mass is 10.1. The highest BCUT2D eigenvalue weighted by molar-refractivity contribution is 7.95. The van der Waals surface area contributed by atoms with Crippen LogP contribution in [0.3, 0.4) is 0 Å². The number of rotatable bonds is 13. The Bertz CT molecular complexity index is 2200. The molecule has 0 aliphatic rings. The Morgan fingerprint density at radius 1 is 0.729 bits per heavy atom. The van der Waals surface area contributed by atoms with Gasteiger partial charge in [-0.05, 0) is 36.4 Å².